The van der Waals surface area contributed by atoms with E-state index < -0.39 is 5.97 Å². The Morgan fingerprint density at radius 3 is 2.58 bits per heavy atom. The lowest BCUT2D eigenvalue weighted by molar-refractivity contribution is 0.0690. The third-order valence-corrected chi connectivity index (χ3v) is 4.59. The van der Waals surface area contributed by atoms with Gasteiger partial charge in [-0.25, -0.2) is 9.78 Å². The highest BCUT2D eigenvalue weighted by Gasteiger charge is 2.26. The number of carboxylic acid groups (broad SMARTS) is 1. The van der Waals surface area contributed by atoms with Gasteiger partial charge in [0.1, 0.15) is 0 Å². The van der Waals surface area contributed by atoms with Crippen molar-refractivity contribution >= 4 is 16.9 Å². The molecule has 3 aromatic rings. The van der Waals surface area contributed by atoms with E-state index in [4.69, 9.17) is 18.9 Å². The molecule has 7 nitrogen and oxygen atoms in total. The number of hydrogen-bond acceptors (Lipinski definition) is 6. The summed E-state index contributed by atoms with van der Waals surface area (Å²) in [7, 11) is 0. The fraction of sp³-hybridized carbons (Fsp3) is 0.158. The molecule has 2 aromatic carbocycles. The number of aromatic carboxylic acids is 1. The fourth-order valence-electron chi connectivity index (χ4n) is 3.43. The van der Waals surface area contributed by atoms with E-state index in [-0.39, 0.29) is 19.3 Å². The van der Waals surface area contributed by atoms with Crippen molar-refractivity contribution in [3.8, 4) is 34.1 Å². The SMILES string of the molecule is Cc1c(C(=O)O)nc2ccc3c(c2c1-c1ccc2c(c1)OCO2)OCO3. The first-order valence-corrected chi connectivity index (χ1v) is 7.99. The van der Waals surface area contributed by atoms with Gasteiger partial charge in [0, 0.05) is 5.56 Å². The Morgan fingerprint density at radius 1 is 1.00 bits per heavy atom. The maximum atomic E-state index is 11.7. The largest absolute Gasteiger partial charge is 0.477 e. The monoisotopic (exact) mass is 351 g/mol. The van der Waals surface area contributed by atoms with Crippen LogP contribution in [0.25, 0.3) is 22.0 Å². The molecule has 0 spiro atoms. The first-order chi connectivity index (χ1) is 12.6. The third kappa shape index (κ3) is 2.00. The summed E-state index contributed by atoms with van der Waals surface area (Å²) in [6.45, 7) is 2.03. The van der Waals surface area contributed by atoms with Gasteiger partial charge in [-0.1, -0.05) is 6.07 Å². The van der Waals surface area contributed by atoms with Crippen LogP contribution in [0, 0.1) is 6.92 Å². The number of pyridine rings is 1. The van der Waals surface area contributed by atoms with Crippen molar-refractivity contribution in [1.82, 2.24) is 4.98 Å². The summed E-state index contributed by atoms with van der Waals surface area (Å²) in [6, 6.07) is 9.00. The number of carbonyl (C=O) groups is 1. The van der Waals surface area contributed by atoms with Gasteiger partial charge in [0.25, 0.3) is 0 Å². The molecule has 7 heteroatoms. The standard InChI is InChI=1S/C19H13NO6/c1-9-15(10-2-4-12-14(6-10)25-7-23-12)16-11(20-17(9)19(21)22)3-5-13-18(16)26-8-24-13/h2-6H,7-8H2,1H3,(H,21,22). The summed E-state index contributed by atoms with van der Waals surface area (Å²) in [5.74, 6) is 1.39. The number of aromatic nitrogens is 1. The van der Waals surface area contributed by atoms with Gasteiger partial charge in [-0.2, -0.15) is 0 Å². The van der Waals surface area contributed by atoms with E-state index in [1.807, 2.05) is 18.2 Å². The van der Waals surface area contributed by atoms with Gasteiger partial charge in [-0.15, -0.1) is 0 Å². The average molecular weight is 351 g/mol. The first-order valence-electron chi connectivity index (χ1n) is 7.99. The number of fused-ring (bicyclic) bond motifs is 4. The van der Waals surface area contributed by atoms with Crippen molar-refractivity contribution in [3.63, 3.8) is 0 Å². The topological polar surface area (TPSA) is 87.1 Å². The van der Waals surface area contributed by atoms with Crippen LogP contribution >= 0.6 is 0 Å². The molecule has 0 bridgehead atoms. The van der Waals surface area contributed by atoms with Crippen molar-refractivity contribution in [2.45, 2.75) is 6.92 Å². The predicted molar refractivity (Wildman–Crippen MR) is 91.1 cm³/mol. The molecule has 0 unspecified atom stereocenters. The van der Waals surface area contributed by atoms with E-state index in [0.717, 1.165) is 16.5 Å². The zero-order valence-corrected chi connectivity index (χ0v) is 13.7. The minimum atomic E-state index is -1.08. The zero-order valence-electron chi connectivity index (χ0n) is 13.7. The lowest BCUT2D eigenvalue weighted by Crippen LogP contribution is -2.06. The summed E-state index contributed by atoms with van der Waals surface area (Å²) in [5.41, 5.74) is 2.61. The molecule has 26 heavy (non-hydrogen) atoms. The van der Waals surface area contributed by atoms with Crippen LogP contribution in [0.2, 0.25) is 0 Å². The lowest BCUT2D eigenvalue weighted by Gasteiger charge is -2.15. The maximum absolute atomic E-state index is 11.7. The van der Waals surface area contributed by atoms with Gasteiger partial charge < -0.3 is 24.1 Å². The van der Waals surface area contributed by atoms with Crippen LogP contribution in [0.1, 0.15) is 16.1 Å². The van der Waals surface area contributed by atoms with Gasteiger partial charge in [0.15, 0.2) is 28.7 Å². The number of carboxylic acids is 1. The van der Waals surface area contributed by atoms with Crippen LogP contribution in [0.3, 0.4) is 0 Å². The van der Waals surface area contributed by atoms with Crippen LogP contribution in [0.15, 0.2) is 30.3 Å². The predicted octanol–water partition coefficient (Wildman–Crippen LogP) is 3.37. The lowest BCUT2D eigenvalue weighted by atomic mass is 9.94. The number of hydrogen-bond donors (Lipinski definition) is 1. The third-order valence-electron chi connectivity index (χ3n) is 4.59. The highest BCUT2D eigenvalue weighted by molar-refractivity contribution is 6.05. The summed E-state index contributed by atoms with van der Waals surface area (Å²) in [6.07, 6.45) is 0. The molecular formula is C19H13NO6. The van der Waals surface area contributed by atoms with E-state index in [2.05, 4.69) is 4.98 Å². The Hall–Kier alpha value is -3.48. The molecule has 2 aliphatic heterocycles. The zero-order chi connectivity index (χ0) is 17.8. The molecule has 0 saturated heterocycles. The molecular weight excluding hydrogens is 338 g/mol. The number of ether oxygens (including phenoxy) is 4. The van der Waals surface area contributed by atoms with Gasteiger partial charge in [0.2, 0.25) is 13.6 Å². The Balaban J connectivity index is 1.89. The van der Waals surface area contributed by atoms with Gasteiger partial charge in [0.05, 0.1) is 10.9 Å². The van der Waals surface area contributed by atoms with Crippen LogP contribution in [0.4, 0.5) is 0 Å². The van der Waals surface area contributed by atoms with Crippen molar-refractivity contribution in [3.05, 3.63) is 41.6 Å². The second-order valence-corrected chi connectivity index (χ2v) is 6.03. The molecule has 1 aromatic heterocycles. The van der Waals surface area contributed by atoms with Gasteiger partial charge in [-0.3, -0.25) is 0 Å². The molecule has 5 rings (SSSR count). The summed E-state index contributed by atoms with van der Waals surface area (Å²) < 4.78 is 22.0. The highest BCUT2D eigenvalue weighted by Crippen LogP contribution is 2.46. The Bertz CT molecular complexity index is 1090. The summed E-state index contributed by atoms with van der Waals surface area (Å²) in [5, 5.41) is 10.3. The fourth-order valence-corrected chi connectivity index (χ4v) is 3.43. The Kier molecular flexibility index (Phi) is 3.00. The van der Waals surface area contributed by atoms with E-state index in [0.29, 0.717) is 34.1 Å². The molecule has 2 aliphatic rings. The second-order valence-electron chi connectivity index (χ2n) is 6.03. The normalized spacial score (nSPS) is 14.0. The molecule has 1 N–H and O–H groups in total. The molecule has 0 aliphatic carbocycles. The van der Waals surface area contributed by atoms with Crippen molar-refractivity contribution in [1.29, 1.82) is 0 Å². The van der Waals surface area contributed by atoms with E-state index in [9.17, 15) is 9.90 Å². The second kappa shape index (κ2) is 5.26. The quantitative estimate of drug-likeness (QED) is 0.757. The van der Waals surface area contributed by atoms with E-state index in [1.165, 1.54) is 0 Å². The van der Waals surface area contributed by atoms with Gasteiger partial charge >= 0.3 is 5.97 Å². The van der Waals surface area contributed by atoms with Crippen LogP contribution in [-0.2, 0) is 0 Å². The van der Waals surface area contributed by atoms with Crippen molar-refractivity contribution in [2.75, 3.05) is 13.6 Å². The van der Waals surface area contributed by atoms with Crippen LogP contribution in [0.5, 0.6) is 23.0 Å². The van der Waals surface area contributed by atoms with Crippen LogP contribution in [-0.4, -0.2) is 29.6 Å². The summed E-state index contributed by atoms with van der Waals surface area (Å²) in [4.78, 5) is 16.0. The van der Waals surface area contributed by atoms with E-state index >= 15 is 0 Å². The molecule has 3 heterocycles. The Morgan fingerprint density at radius 2 is 1.73 bits per heavy atom. The highest BCUT2D eigenvalue weighted by atomic mass is 16.7. The number of benzene rings is 2. The molecule has 0 atom stereocenters. The number of nitrogens with zero attached hydrogens (tertiary/aromatic N) is 1. The average Bonchev–Trinajstić information content (AvgIpc) is 3.29. The van der Waals surface area contributed by atoms with Crippen molar-refractivity contribution in [2.24, 2.45) is 0 Å². The Labute approximate surface area is 147 Å². The smallest absolute Gasteiger partial charge is 0.354 e. The minimum Gasteiger partial charge on any atom is -0.477 e. The van der Waals surface area contributed by atoms with E-state index in [1.54, 1.807) is 19.1 Å². The number of rotatable bonds is 2. The molecule has 0 saturated carbocycles. The van der Waals surface area contributed by atoms with Crippen molar-refractivity contribution < 1.29 is 28.8 Å². The van der Waals surface area contributed by atoms with Crippen LogP contribution < -0.4 is 18.9 Å². The summed E-state index contributed by atoms with van der Waals surface area (Å²) >= 11 is 0. The minimum absolute atomic E-state index is 0.00373. The molecule has 0 amide bonds. The first kappa shape index (κ1) is 14.8. The molecule has 130 valence electrons. The molecule has 0 fully saturated rings. The maximum Gasteiger partial charge on any atom is 0.354 e. The van der Waals surface area contributed by atoms with Gasteiger partial charge in [-0.05, 0) is 42.3 Å². The molecule has 0 radical (unpaired) electrons.